The Morgan fingerprint density at radius 2 is 1.76 bits per heavy atom. The fourth-order valence-electron chi connectivity index (χ4n) is 2.44. The molecule has 1 heterocycles. The number of hydrogen-bond donors (Lipinski definition) is 2. The van der Waals surface area contributed by atoms with Crippen LogP contribution >= 0.6 is 47.0 Å². The van der Waals surface area contributed by atoms with Gasteiger partial charge in [-0.05, 0) is 43.1 Å². The highest BCUT2D eigenvalue weighted by atomic mass is 35.6. The van der Waals surface area contributed by atoms with Crippen LogP contribution in [0.5, 0.6) is 0 Å². The summed E-state index contributed by atoms with van der Waals surface area (Å²) in [5.41, 5.74) is 0.903. The first kappa shape index (κ1) is 20.3. The lowest BCUT2D eigenvalue weighted by atomic mass is 10.1. The molecule has 0 aromatic heterocycles. The van der Waals surface area contributed by atoms with Crippen LogP contribution in [-0.4, -0.2) is 39.0 Å². The van der Waals surface area contributed by atoms with E-state index in [9.17, 15) is 4.79 Å². The van der Waals surface area contributed by atoms with Crippen LogP contribution in [0.15, 0.2) is 36.4 Å². The lowest BCUT2D eigenvalue weighted by Gasteiger charge is -2.34. The minimum absolute atomic E-state index is 0.380. The summed E-state index contributed by atoms with van der Waals surface area (Å²) in [6, 6.07) is 9.46. The van der Waals surface area contributed by atoms with Gasteiger partial charge in [-0.1, -0.05) is 65.1 Å². The van der Waals surface area contributed by atoms with Crippen molar-refractivity contribution in [1.29, 1.82) is 0 Å². The summed E-state index contributed by atoms with van der Waals surface area (Å²) in [6.07, 6.45) is 5.49. The molecular formula is C17H20Cl3N3OS. The van der Waals surface area contributed by atoms with Crippen LogP contribution in [0.4, 0.5) is 0 Å². The fraction of sp³-hybridized carbons (Fsp3) is 0.412. The first-order valence-electron chi connectivity index (χ1n) is 8.02. The number of benzene rings is 1. The zero-order valence-corrected chi connectivity index (χ0v) is 16.6. The maximum Gasteiger partial charge on any atom is 0.245 e. The summed E-state index contributed by atoms with van der Waals surface area (Å²) in [6.45, 7) is 1.72. The van der Waals surface area contributed by atoms with Gasteiger partial charge in [0.05, 0.1) is 0 Å². The zero-order chi connectivity index (χ0) is 18.3. The Bertz CT molecular complexity index is 613. The fourth-order valence-corrected chi connectivity index (χ4v) is 3.07. The van der Waals surface area contributed by atoms with Gasteiger partial charge in [-0.15, -0.1) is 0 Å². The lowest BCUT2D eigenvalue weighted by Crippen LogP contribution is -2.58. The molecule has 0 radical (unpaired) electrons. The highest BCUT2D eigenvalue weighted by Gasteiger charge is 2.35. The molecular weight excluding hydrogens is 401 g/mol. The molecule has 0 aliphatic carbocycles. The third-order valence-electron chi connectivity index (χ3n) is 3.75. The van der Waals surface area contributed by atoms with E-state index in [2.05, 4.69) is 10.6 Å². The minimum Gasteiger partial charge on any atom is -0.349 e. The maximum atomic E-state index is 12.2. The van der Waals surface area contributed by atoms with E-state index < -0.39 is 9.96 Å². The van der Waals surface area contributed by atoms with Crippen LogP contribution in [0.1, 0.15) is 24.8 Å². The van der Waals surface area contributed by atoms with Crippen LogP contribution in [0, 0.1) is 0 Å². The van der Waals surface area contributed by atoms with Crippen molar-refractivity contribution in [2.75, 3.05) is 13.1 Å². The van der Waals surface area contributed by atoms with Gasteiger partial charge in [-0.2, -0.15) is 0 Å². The molecule has 25 heavy (non-hydrogen) atoms. The van der Waals surface area contributed by atoms with Crippen LogP contribution in [0.2, 0.25) is 0 Å². The first-order valence-corrected chi connectivity index (χ1v) is 9.56. The number of nitrogens with zero attached hydrogens (tertiary/aromatic N) is 1. The maximum absolute atomic E-state index is 12.2. The number of likely N-dealkylation sites (tertiary alicyclic amines) is 1. The van der Waals surface area contributed by atoms with Crippen molar-refractivity contribution in [1.82, 2.24) is 15.5 Å². The summed E-state index contributed by atoms with van der Waals surface area (Å²) < 4.78 is -1.74. The van der Waals surface area contributed by atoms with Crippen molar-refractivity contribution in [3.63, 3.8) is 0 Å². The monoisotopic (exact) mass is 419 g/mol. The summed E-state index contributed by atoms with van der Waals surface area (Å²) >= 11 is 23.4. The Hall–Kier alpha value is -1.01. The molecule has 8 heteroatoms. The zero-order valence-electron chi connectivity index (χ0n) is 13.6. The number of nitrogens with one attached hydrogen (secondary N) is 2. The van der Waals surface area contributed by atoms with Gasteiger partial charge in [-0.3, -0.25) is 4.79 Å². The summed E-state index contributed by atoms with van der Waals surface area (Å²) in [7, 11) is 0. The average molecular weight is 421 g/mol. The third kappa shape index (κ3) is 7.02. The predicted molar refractivity (Wildman–Crippen MR) is 109 cm³/mol. The van der Waals surface area contributed by atoms with Gasteiger partial charge < -0.3 is 15.5 Å². The second kappa shape index (κ2) is 9.62. The van der Waals surface area contributed by atoms with E-state index in [0.29, 0.717) is 5.11 Å². The molecule has 2 rings (SSSR count). The standard InChI is InChI=1S/C17H20Cl3N3OS/c18-17(19,20)15(22-16(25)23-11-5-2-6-12-23)21-14(24)10-9-13-7-3-1-4-8-13/h1,3-4,7-10,15H,2,5-6,11-12H2,(H,21,24)(H,22,25). The van der Waals surface area contributed by atoms with Crippen molar-refractivity contribution >= 4 is 64.1 Å². The van der Waals surface area contributed by atoms with E-state index in [1.807, 2.05) is 35.2 Å². The van der Waals surface area contributed by atoms with E-state index in [4.69, 9.17) is 47.0 Å². The van der Waals surface area contributed by atoms with Crippen LogP contribution in [-0.2, 0) is 4.79 Å². The number of rotatable bonds is 4. The molecule has 1 aromatic rings. The van der Waals surface area contributed by atoms with Gasteiger partial charge in [0.25, 0.3) is 0 Å². The molecule has 1 aliphatic heterocycles. The Balaban J connectivity index is 1.96. The van der Waals surface area contributed by atoms with Crippen LogP contribution in [0.25, 0.3) is 6.08 Å². The molecule has 1 saturated heterocycles. The highest BCUT2D eigenvalue weighted by molar-refractivity contribution is 7.80. The molecule has 1 unspecified atom stereocenters. The average Bonchev–Trinajstić information content (AvgIpc) is 2.60. The molecule has 0 saturated carbocycles. The second-order valence-corrected chi connectivity index (χ2v) is 8.48. The number of piperidine rings is 1. The topological polar surface area (TPSA) is 44.4 Å². The normalized spacial score (nSPS) is 16.5. The molecule has 1 atom stereocenters. The van der Waals surface area contributed by atoms with E-state index in [-0.39, 0.29) is 5.91 Å². The minimum atomic E-state index is -1.74. The summed E-state index contributed by atoms with van der Waals surface area (Å²) in [5, 5.41) is 6.08. The molecule has 0 spiro atoms. The third-order valence-corrected chi connectivity index (χ3v) is 4.78. The number of thiocarbonyl (C=S) groups is 1. The van der Waals surface area contributed by atoms with Gasteiger partial charge in [0, 0.05) is 19.2 Å². The second-order valence-electron chi connectivity index (χ2n) is 5.72. The largest absolute Gasteiger partial charge is 0.349 e. The molecule has 136 valence electrons. The molecule has 4 nitrogen and oxygen atoms in total. The van der Waals surface area contributed by atoms with Crippen LogP contribution < -0.4 is 10.6 Å². The van der Waals surface area contributed by atoms with Crippen LogP contribution in [0.3, 0.4) is 0 Å². The lowest BCUT2D eigenvalue weighted by molar-refractivity contribution is -0.117. The van der Waals surface area contributed by atoms with Crippen molar-refractivity contribution in [3.05, 3.63) is 42.0 Å². The molecule has 1 amide bonds. The molecule has 0 bridgehead atoms. The molecule has 2 N–H and O–H groups in total. The van der Waals surface area contributed by atoms with Gasteiger partial charge in [0.15, 0.2) is 5.11 Å². The highest BCUT2D eigenvalue weighted by Crippen LogP contribution is 2.29. The summed E-state index contributed by atoms with van der Waals surface area (Å²) in [4.78, 5) is 14.2. The van der Waals surface area contributed by atoms with Crippen molar-refractivity contribution in [2.45, 2.75) is 29.2 Å². The smallest absolute Gasteiger partial charge is 0.245 e. The molecule has 1 fully saturated rings. The van der Waals surface area contributed by atoms with E-state index in [1.165, 1.54) is 12.5 Å². The number of alkyl halides is 3. The van der Waals surface area contributed by atoms with Gasteiger partial charge in [0.2, 0.25) is 9.70 Å². The molecule has 1 aliphatic rings. The van der Waals surface area contributed by atoms with Gasteiger partial charge >= 0.3 is 0 Å². The van der Waals surface area contributed by atoms with E-state index >= 15 is 0 Å². The van der Waals surface area contributed by atoms with Gasteiger partial charge in [0.1, 0.15) is 6.17 Å². The number of hydrogen-bond acceptors (Lipinski definition) is 2. The van der Waals surface area contributed by atoms with Crippen molar-refractivity contribution < 1.29 is 4.79 Å². The van der Waals surface area contributed by atoms with E-state index in [0.717, 1.165) is 31.5 Å². The van der Waals surface area contributed by atoms with Gasteiger partial charge in [-0.25, -0.2) is 0 Å². The Labute approximate surface area is 168 Å². The van der Waals surface area contributed by atoms with Crippen molar-refractivity contribution in [3.8, 4) is 0 Å². The number of amides is 1. The van der Waals surface area contributed by atoms with Crippen molar-refractivity contribution in [2.24, 2.45) is 0 Å². The first-order chi connectivity index (χ1) is 11.9. The van der Waals surface area contributed by atoms with E-state index in [1.54, 1.807) is 6.08 Å². The summed E-state index contributed by atoms with van der Waals surface area (Å²) in [5.74, 6) is -0.380. The number of carbonyl (C=O) groups is 1. The Kier molecular flexibility index (Phi) is 7.81. The SMILES string of the molecule is O=C(C=Cc1ccccc1)NC(NC(=S)N1CCCCC1)C(Cl)(Cl)Cl. The Morgan fingerprint density at radius 1 is 1.12 bits per heavy atom. The Morgan fingerprint density at radius 3 is 2.36 bits per heavy atom. The molecule has 1 aromatic carbocycles. The predicted octanol–water partition coefficient (Wildman–Crippen LogP) is 3.87. The quantitative estimate of drug-likeness (QED) is 0.336. The number of halogens is 3. The number of carbonyl (C=O) groups excluding carboxylic acids is 1.